The number of hydrogen-bond acceptors (Lipinski definition) is 15. The maximum absolute atomic E-state index is 13.1. The summed E-state index contributed by atoms with van der Waals surface area (Å²) in [7, 11) is -9.91. The fourth-order valence-electron chi connectivity index (χ4n) is 12.0. The summed E-state index contributed by atoms with van der Waals surface area (Å²) >= 11 is 0. The van der Waals surface area contributed by atoms with Crippen LogP contribution in [0.25, 0.3) is 0 Å². The van der Waals surface area contributed by atoms with E-state index in [9.17, 15) is 43.2 Å². The van der Waals surface area contributed by atoms with Crippen LogP contribution in [0.5, 0.6) is 0 Å². The zero-order chi connectivity index (χ0) is 71.4. The third kappa shape index (κ3) is 72.2. The molecule has 0 aliphatic rings. The summed E-state index contributed by atoms with van der Waals surface area (Å²) in [4.78, 5) is 72.8. The standard InChI is InChI=1S/C78H152O17P2/c1-7-9-11-13-15-17-18-19-27-33-38-44-50-56-62-77(82)94-73(66-88-75(80)60-54-48-42-16-14-12-10-8-2)68-92-96(84,85)90-64-72(79)65-91-97(86,87)93-69-74(67-89-76(81)61-55-49-43-37-32-28-24-23-26-31-36-41-47-53-59-71(5)6)95-78(83)63-57-51-45-39-34-29-22-20-21-25-30-35-40-46-52-58-70(3)4/h70-74,79H,7-69H2,1-6H3,(H,84,85)(H,86,87)/t72-,73+,74+/m0/s1. The molecule has 17 nitrogen and oxygen atoms in total. The van der Waals surface area contributed by atoms with Crippen molar-refractivity contribution in [2.45, 2.75) is 426 Å². The molecule has 0 saturated heterocycles. The van der Waals surface area contributed by atoms with E-state index in [0.29, 0.717) is 25.7 Å². The number of hydrogen-bond donors (Lipinski definition) is 3. The monoisotopic (exact) mass is 1420 g/mol. The number of phosphoric ester groups is 2. The highest BCUT2D eigenvalue weighted by Gasteiger charge is 2.30. The van der Waals surface area contributed by atoms with E-state index in [2.05, 4.69) is 41.5 Å². The Balaban J connectivity index is 5.21. The minimum atomic E-state index is -4.96. The van der Waals surface area contributed by atoms with Crippen LogP contribution < -0.4 is 0 Å². The lowest BCUT2D eigenvalue weighted by Gasteiger charge is -2.21. The Morgan fingerprint density at radius 2 is 0.474 bits per heavy atom. The first-order chi connectivity index (χ1) is 46.9. The third-order valence-corrected chi connectivity index (χ3v) is 20.1. The van der Waals surface area contributed by atoms with E-state index < -0.39 is 97.5 Å². The number of esters is 4. The molecule has 0 aromatic heterocycles. The van der Waals surface area contributed by atoms with Gasteiger partial charge in [0.1, 0.15) is 19.3 Å². The van der Waals surface area contributed by atoms with Crippen molar-refractivity contribution in [3.8, 4) is 0 Å². The number of ether oxygens (including phenoxy) is 4. The SMILES string of the molecule is CCCCCCCCCCCCCCCCC(=O)O[C@H](COC(=O)CCCCCCCCCC)COP(=O)(O)OC[C@H](O)COP(=O)(O)OC[C@@H](COC(=O)CCCCCCCCCCCCCCCCC(C)C)OC(=O)CCCCCCCCCCCCCCCCCC(C)C. The highest BCUT2D eigenvalue weighted by molar-refractivity contribution is 7.47. The molecular formula is C78H152O17P2. The predicted molar refractivity (Wildman–Crippen MR) is 395 cm³/mol. The van der Waals surface area contributed by atoms with Gasteiger partial charge in [-0.1, -0.05) is 356 Å². The summed E-state index contributed by atoms with van der Waals surface area (Å²) in [5.41, 5.74) is 0. The lowest BCUT2D eigenvalue weighted by atomic mass is 10.0. The first-order valence-corrected chi connectivity index (χ1v) is 43.5. The zero-order valence-corrected chi connectivity index (χ0v) is 65.2. The molecule has 0 aromatic carbocycles. The van der Waals surface area contributed by atoms with Gasteiger partial charge in [-0.05, 0) is 37.5 Å². The minimum absolute atomic E-state index is 0.108. The molecule has 0 amide bonds. The highest BCUT2D eigenvalue weighted by atomic mass is 31.2. The van der Waals surface area contributed by atoms with Gasteiger partial charge in [0.15, 0.2) is 12.2 Å². The van der Waals surface area contributed by atoms with Crippen molar-refractivity contribution in [2.24, 2.45) is 11.8 Å². The molecule has 5 atom stereocenters. The quantitative estimate of drug-likeness (QED) is 0.0222. The number of rotatable bonds is 77. The molecule has 0 radical (unpaired) electrons. The Kier molecular flexibility index (Phi) is 68.4. The number of unbranched alkanes of at least 4 members (excludes halogenated alkanes) is 47. The normalized spacial score (nSPS) is 14.0. The molecule has 0 saturated carbocycles. The van der Waals surface area contributed by atoms with Gasteiger partial charge in [-0.3, -0.25) is 37.3 Å². The Morgan fingerprint density at radius 1 is 0.278 bits per heavy atom. The molecule has 0 rings (SSSR count). The van der Waals surface area contributed by atoms with Crippen molar-refractivity contribution in [2.75, 3.05) is 39.6 Å². The van der Waals surface area contributed by atoms with Crippen LogP contribution in [0.2, 0.25) is 0 Å². The second-order valence-electron chi connectivity index (χ2n) is 29.1. The first-order valence-electron chi connectivity index (χ1n) is 40.5. The van der Waals surface area contributed by atoms with Crippen LogP contribution in [0.3, 0.4) is 0 Å². The Hall–Kier alpha value is -1.94. The molecular weight excluding hydrogens is 1270 g/mol. The molecule has 0 aliphatic heterocycles. The van der Waals surface area contributed by atoms with E-state index in [-0.39, 0.29) is 25.7 Å². The molecule has 0 spiro atoms. The number of aliphatic hydroxyl groups excluding tert-OH is 1. The van der Waals surface area contributed by atoms with Gasteiger partial charge in [-0.25, -0.2) is 9.13 Å². The molecule has 19 heteroatoms. The van der Waals surface area contributed by atoms with Crippen LogP contribution in [0.4, 0.5) is 0 Å². The van der Waals surface area contributed by atoms with Gasteiger partial charge >= 0.3 is 39.5 Å². The average Bonchev–Trinajstić information content (AvgIpc) is 1.12. The highest BCUT2D eigenvalue weighted by Crippen LogP contribution is 2.45. The van der Waals surface area contributed by atoms with E-state index in [1.54, 1.807) is 0 Å². The van der Waals surface area contributed by atoms with Gasteiger partial charge in [0.25, 0.3) is 0 Å². The topological polar surface area (TPSA) is 237 Å². The van der Waals surface area contributed by atoms with Crippen LogP contribution in [-0.2, 0) is 65.4 Å². The van der Waals surface area contributed by atoms with Gasteiger partial charge < -0.3 is 33.8 Å². The number of carbonyl (C=O) groups is 4. The van der Waals surface area contributed by atoms with Crippen molar-refractivity contribution < 1.29 is 80.2 Å². The Morgan fingerprint density at radius 3 is 0.701 bits per heavy atom. The first kappa shape index (κ1) is 95.1. The zero-order valence-electron chi connectivity index (χ0n) is 63.4. The van der Waals surface area contributed by atoms with Crippen molar-refractivity contribution in [1.29, 1.82) is 0 Å². The summed E-state index contributed by atoms with van der Waals surface area (Å²) in [5, 5.41) is 10.6. The van der Waals surface area contributed by atoms with Gasteiger partial charge in [0.05, 0.1) is 26.4 Å². The van der Waals surface area contributed by atoms with Crippen molar-refractivity contribution >= 4 is 39.5 Å². The summed E-state index contributed by atoms with van der Waals surface area (Å²) in [6.45, 7) is 9.64. The van der Waals surface area contributed by atoms with Crippen LogP contribution in [0.1, 0.15) is 408 Å². The van der Waals surface area contributed by atoms with Crippen molar-refractivity contribution in [3.05, 3.63) is 0 Å². The second kappa shape index (κ2) is 69.8. The van der Waals surface area contributed by atoms with Gasteiger partial charge in [0, 0.05) is 25.7 Å². The van der Waals surface area contributed by atoms with E-state index in [1.165, 1.54) is 218 Å². The molecule has 0 heterocycles. The summed E-state index contributed by atoms with van der Waals surface area (Å²) in [5.74, 6) is -0.512. The second-order valence-corrected chi connectivity index (χ2v) is 32.0. The molecule has 0 aliphatic carbocycles. The third-order valence-electron chi connectivity index (χ3n) is 18.2. The molecule has 3 N–H and O–H groups in total. The molecule has 0 bridgehead atoms. The fourth-order valence-corrected chi connectivity index (χ4v) is 13.6. The van der Waals surface area contributed by atoms with Crippen molar-refractivity contribution in [3.63, 3.8) is 0 Å². The van der Waals surface area contributed by atoms with Gasteiger partial charge in [-0.2, -0.15) is 0 Å². The van der Waals surface area contributed by atoms with Crippen molar-refractivity contribution in [1.82, 2.24) is 0 Å². The average molecular weight is 1420 g/mol. The smallest absolute Gasteiger partial charge is 0.462 e. The number of carbonyl (C=O) groups excluding carboxylic acids is 4. The largest absolute Gasteiger partial charge is 0.472 e. The lowest BCUT2D eigenvalue weighted by Crippen LogP contribution is -2.30. The van der Waals surface area contributed by atoms with Crippen LogP contribution >= 0.6 is 15.6 Å². The van der Waals surface area contributed by atoms with Gasteiger partial charge in [-0.15, -0.1) is 0 Å². The van der Waals surface area contributed by atoms with E-state index >= 15 is 0 Å². The molecule has 576 valence electrons. The number of aliphatic hydroxyl groups is 1. The molecule has 2 unspecified atom stereocenters. The summed E-state index contributed by atoms with van der Waals surface area (Å²) in [6, 6.07) is 0. The Labute approximate surface area is 594 Å². The minimum Gasteiger partial charge on any atom is -0.462 e. The fraction of sp³-hybridized carbons (Fsp3) is 0.949. The number of phosphoric acid groups is 2. The predicted octanol–water partition coefficient (Wildman–Crippen LogP) is 23.1. The van der Waals surface area contributed by atoms with Crippen LogP contribution in [0.15, 0.2) is 0 Å². The molecule has 0 fully saturated rings. The van der Waals surface area contributed by atoms with E-state index in [4.69, 9.17) is 37.0 Å². The molecule has 97 heavy (non-hydrogen) atoms. The van der Waals surface area contributed by atoms with Crippen LogP contribution in [-0.4, -0.2) is 96.7 Å². The van der Waals surface area contributed by atoms with Crippen LogP contribution in [0, 0.1) is 11.8 Å². The maximum Gasteiger partial charge on any atom is 0.472 e. The summed E-state index contributed by atoms with van der Waals surface area (Å²) in [6.07, 6.45) is 58.2. The Bertz CT molecular complexity index is 1870. The summed E-state index contributed by atoms with van der Waals surface area (Å²) < 4.78 is 68.5. The molecule has 0 aromatic rings. The lowest BCUT2D eigenvalue weighted by molar-refractivity contribution is -0.161. The van der Waals surface area contributed by atoms with E-state index in [0.717, 1.165) is 108 Å². The van der Waals surface area contributed by atoms with E-state index in [1.807, 2.05) is 0 Å². The maximum atomic E-state index is 13.1. The van der Waals surface area contributed by atoms with Gasteiger partial charge in [0.2, 0.25) is 0 Å².